The Morgan fingerprint density at radius 2 is 1.64 bits per heavy atom. The molecule has 0 spiro atoms. The highest BCUT2D eigenvalue weighted by molar-refractivity contribution is 6.32. The minimum Gasteiger partial charge on any atom is -0.456 e. The average Bonchev–Trinajstić information content (AvgIpc) is 2.48. The molecule has 0 fully saturated rings. The maximum atomic E-state index is 12.6. The van der Waals surface area contributed by atoms with E-state index in [2.05, 4.69) is 0 Å². The fraction of sp³-hybridized carbons (Fsp3) is 0.294. The molecule has 1 aliphatic carbocycles. The number of fused-ring (bicyclic) bond motifs is 1. The summed E-state index contributed by atoms with van der Waals surface area (Å²) in [4.78, 5) is 0. The van der Waals surface area contributed by atoms with Gasteiger partial charge in [0.1, 0.15) is 11.5 Å². The molecule has 0 saturated heterocycles. The Morgan fingerprint density at radius 1 is 0.909 bits per heavy atom. The Bertz CT molecular complexity index is 695. The largest absolute Gasteiger partial charge is 0.456 e. The highest BCUT2D eigenvalue weighted by atomic mass is 35.5. The fourth-order valence-electron chi connectivity index (χ4n) is 2.66. The van der Waals surface area contributed by atoms with E-state index in [-0.39, 0.29) is 10.8 Å². The summed E-state index contributed by atoms with van der Waals surface area (Å²) < 4.78 is 43.5. The third-order valence-corrected chi connectivity index (χ3v) is 4.10. The van der Waals surface area contributed by atoms with Crippen LogP contribution in [0.4, 0.5) is 13.2 Å². The first kappa shape index (κ1) is 15.2. The van der Waals surface area contributed by atoms with Gasteiger partial charge in [-0.3, -0.25) is 0 Å². The standard InChI is InChI=1S/C17H14ClF3O/c18-15-10-13(17(19,20)21)6-8-16(15)22-14-7-5-11-3-1-2-4-12(11)9-14/h5-10H,1-4H2. The van der Waals surface area contributed by atoms with E-state index in [9.17, 15) is 13.2 Å². The number of hydrogen-bond acceptors (Lipinski definition) is 1. The third-order valence-electron chi connectivity index (χ3n) is 3.81. The van der Waals surface area contributed by atoms with E-state index in [0.29, 0.717) is 5.75 Å². The second kappa shape index (κ2) is 5.84. The summed E-state index contributed by atoms with van der Waals surface area (Å²) in [7, 11) is 0. The first-order chi connectivity index (χ1) is 10.4. The smallest absolute Gasteiger partial charge is 0.416 e. The Labute approximate surface area is 131 Å². The normalized spacial score (nSPS) is 14.5. The molecule has 2 aromatic carbocycles. The van der Waals surface area contributed by atoms with Gasteiger partial charge in [0.2, 0.25) is 0 Å². The van der Waals surface area contributed by atoms with Crippen LogP contribution in [0.5, 0.6) is 11.5 Å². The topological polar surface area (TPSA) is 9.23 Å². The molecule has 0 heterocycles. The Balaban J connectivity index is 1.84. The Morgan fingerprint density at radius 3 is 2.32 bits per heavy atom. The first-order valence-electron chi connectivity index (χ1n) is 7.10. The number of halogens is 4. The molecule has 1 nitrogen and oxygen atoms in total. The zero-order valence-corrected chi connectivity index (χ0v) is 12.5. The van der Waals surface area contributed by atoms with Crippen LogP contribution < -0.4 is 4.74 Å². The molecule has 0 amide bonds. The third kappa shape index (κ3) is 3.22. The summed E-state index contributed by atoms with van der Waals surface area (Å²) in [6.45, 7) is 0. The molecule has 116 valence electrons. The van der Waals surface area contributed by atoms with Crippen LogP contribution in [0.2, 0.25) is 5.02 Å². The number of benzene rings is 2. The van der Waals surface area contributed by atoms with Crippen molar-refractivity contribution in [2.24, 2.45) is 0 Å². The Hall–Kier alpha value is -1.68. The molecule has 0 saturated carbocycles. The van der Waals surface area contributed by atoms with Crippen LogP contribution >= 0.6 is 11.6 Å². The van der Waals surface area contributed by atoms with Crippen LogP contribution in [-0.2, 0) is 19.0 Å². The highest BCUT2D eigenvalue weighted by Crippen LogP contribution is 2.37. The maximum Gasteiger partial charge on any atom is 0.416 e. The van der Waals surface area contributed by atoms with Crippen molar-refractivity contribution in [2.75, 3.05) is 0 Å². The zero-order valence-electron chi connectivity index (χ0n) is 11.7. The van der Waals surface area contributed by atoms with Crippen LogP contribution in [-0.4, -0.2) is 0 Å². The van der Waals surface area contributed by atoms with Gasteiger partial charge in [-0.05, 0) is 67.1 Å². The van der Waals surface area contributed by atoms with E-state index in [0.717, 1.165) is 31.4 Å². The summed E-state index contributed by atoms with van der Waals surface area (Å²) in [5.41, 5.74) is 1.78. The van der Waals surface area contributed by atoms with Crippen LogP contribution in [0.15, 0.2) is 36.4 Å². The number of hydrogen-bond donors (Lipinski definition) is 0. The van der Waals surface area contributed by atoms with Gasteiger partial charge >= 0.3 is 6.18 Å². The van der Waals surface area contributed by atoms with Crippen LogP contribution in [0.25, 0.3) is 0 Å². The molecule has 2 aromatic rings. The van der Waals surface area contributed by atoms with Crippen molar-refractivity contribution < 1.29 is 17.9 Å². The molecule has 0 aliphatic heterocycles. The van der Waals surface area contributed by atoms with Gasteiger partial charge in [0, 0.05) is 0 Å². The van der Waals surface area contributed by atoms with Crippen molar-refractivity contribution in [3.63, 3.8) is 0 Å². The van der Waals surface area contributed by atoms with E-state index >= 15 is 0 Å². The number of aryl methyl sites for hydroxylation is 2. The lowest BCUT2D eigenvalue weighted by Gasteiger charge is -2.17. The van der Waals surface area contributed by atoms with Crippen LogP contribution in [0, 0.1) is 0 Å². The summed E-state index contributed by atoms with van der Waals surface area (Å²) in [6, 6.07) is 8.90. The summed E-state index contributed by atoms with van der Waals surface area (Å²) >= 11 is 5.90. The Kier molecular flexibility index (Phi) is 4.04. The molecule has 5 heteroatoms. The molecule has 3 rings (SSSR count). The van der Waals surface area contributed by atoms with Crippen molar-refractivity contribution >= 4 is 11.6 Å². The lowest BCUT2D eigenvalue weighted by molar-refractivity contribution is -0.137. The van der Waals surface area contributed by atoms with Crippen molar-refractivity contribution in [3.8, 4) is 11.5 Å². The lowest BCUT2D eigenvalue weighted by atomic mass is 9.92. The molecule has 0 bridgehead atoms. The molecule has 0 aromatic heterocycles. The van der Waals surface area contributed by atoms with Gasteiger partial charge in [0.25, 0.3) is 0 Å². The molecular formula is C17H14ClF3O. The van der Waals surface area contributed by atoms with E-state index in [4.69, 9.17) is 16.3 Å². The van der Waals surface area contributed by atoms with Crippen molar-refractivity contribution in [1.82, 2.24) is 0 Å². The molecule has 1 aliphatic rings. The summed E-state index contributed by atoms with van der Waals surface area (Å²) in [6.07, 6.45) is 0.00728. The minimum atomic E-state index is -4.41. The monoisotopic (exact) mass is 326 g/mol. The molecular weight excluding hydrogens is 313 g/mol. The summed E-state index contributed by atoms with van der Waals surface area (Å²) in [5, 5.41) is -0.0486. The highest BCUT2D eigenvalue weighted by Gasteiger charge is 2.31. The van der Waals surface area contributed by atoms with E-state index in [1.165, 1.54) is 23.6 Å². The van der Waals surface area contributed by atoms with E-state index in [1.54, 1.807) is 0 Å². The van der Waals surface area contributed by atoms with Gasteiger partial charge in [-0.1, -0.05) is 17.7 Å². The molecule has 0 radical (unpaired) electrons. The van der Waals surface area contributed by atoms with Gasteiger partial charge in [0.05, 0.1) is 10.6 Å². The fourth-order valence-corrected chi connectivity index (χ4v) is 2.88. The number of ether oxygens (including phenoxy) is 1. The van der Waals surface area contributed by atoms with Crippen molar-refractivity contribution in [1.29, 1.82) is 0 Å². The van der Waals surface area contributed by atoms with Crippen LogP contribution in [0.1, 0.15) is 29.5 Å². The van der Waals surface area contributed by atoms with Crippen LogP contribution in [0.3, 0.4) is 0 Å². The second-order valence-corrected chi connectivity index (χ2v) is 5.79. The van der Waals surface area contributed by atoms with Gasteiger partial charge in [-0.2, -0.15) is 13.2 Å². The number of alkyl halides is 3. The lowest BCUT2D eigenvalue weighted by Crippen LogP contribution is -2.04. The van der Waals surface area contributed by atoms with Gasteiger partial charge in [-0.15, -0.1) is 0 Å². The van der Waals surface area contributed by atoms with E-state index in [1.807, 2.05) is 18.2 Å². The quantitative estimate of drug-likeness (QED) is 0.654. The van der Waals surface area contributed by atoms with Crippen molar-refractivity contribution in [2.45, 2.75) is 31.9 Å². The molecule has 0 atom stereocenters. The predicted octanol–water partition coefficient (Wildman–Crippen LogP) is 6.03. The summed E-state index contributed by atoms with van der Waals surface area (Å²) in [5.74, 6) is 0.827. The molecule has 0 unspecified atom stereocenters. The second-order valence-electron chi connectivity index (χ2n) is 5.38. The predicted molar refractivity (Wildman–Crippen MR) is 79.6 cm³/mol. The van der Waals surface area contributed by atoms with Gasteiger partial charge in [-0.25, -0.2) is 0 Å². The molecule has 0 N–H and O–H groups in total. The first-order valence-corrected chi connectivity index (χ1v) is 7.48. The van der Waals surface area contributed by atoms with Crippen molar-refractivity contribution in [3.05, 3.63) is 58.1 Å². The SMILES string of the molecule is FC(F)(F)c1ccc(Oc2ccc3c(c2)CCCC3)c(Cl)c1. The number of rotatable bonds is 2. The maximum absolute atomic E-state index is 12.6. The van der Waals surface area contributed by atoms with Gasteiger partial charge < -0.3 is 4.74 Å². The van der Waals surface area contributed by atoms with Gasteiger partial charge in [0.15, 0.2) is 0 Å². The molecule has 22 heavy (non-hydrogen) atoms. The van der Waals surface area contributed by atoms with E-state index < -0.39 is 11.7 Å². The minimum absolute atomic E-state index is 0.0486. The zero-order chi connectivity index (χ0) is 15.7. The average molecular weight is 327 g/mol.